The minimum atomic E-state index is -0.430. The van der Waals surface area contributed by atoms with Gasteiger partial charge in [-0.3, -0.25) is 0 Å². The molecule has 12 rings (SSSR count). The molecule has 9 aromatic carbocycles. The molecule has 0 N–H and O–H groups in total. The van der Waals surface area contributed by atoms with E-state index < -0.39 is 6.04 Å². The number of anilines is 3. The van der Waals surface area contributed by atoms with Gasteiger partial charge in [0.15, 0.2) is 0 Å². The molecule has 2 aliphatic rings. The highest BCUT2D eigenvalue weighted by Gasteiger charge is 2.38. The second kappa shape index (κ2) is 11.8. The highest BCUT2D eigenvalue weighted by Crippen LogP contribution is 2.56. The highest BCUT2D eigenvalue weighted by molar-refractivity contribution is 6.33. The van der Waals surface area contributed by atoms with E-state index in [9.17, 15) is 2.74 Å². The smallest absolute Gasteiger partial charge is 0.143 e. The maximum Gasteiger partial charge on any atom is 0.143 e. The number of hydrogen-bond acceptors (Lipinski definition) is 2. The standard InChI is InChI=1S/C56H41NO/c1-55(2)46-24-14-12-20-40(46)42-28-26-35(32-48(42)55)57(36-27-29-43-41-21-13-15-25-47(41)56(3,4)49(43)33-36)53-37(34-16-6-5-7-17-34)30-31-50-52(53)51-44-22-10-8-18-38(44)39-19-9-11-23-45(39)54(51)58-50/h5-33H,1-4H3/i5D,6D,7D,16D,17D. The van der Waals surface area contributed by atoms with E-state index >= 15 is 0 Å². The van der Waals surface area contributed by atoms with Gasteiger partial charge in [-0.2, -0.15) is 0 Å². The summed E-state index contributed by atoms with van der Waals surface area (Å²) in [6.45, 7) is 9.11. The topological polar surface area (TPSA) is 16.4 Å². The number of furan rings is 1. The Hall–Kier alpha value is -6.90. The van der Waals surface area contributed by atoms with Crippen LogP contribution in [0.15, 0.2) is 180 Å². The summed E-state index contributed by atoms with van der Waals surface area (Å²) in [5.74, 6) is 0. The lowest BCUT2D eigenvalue weighted by Gasteiger charge is -2.31. The molecule has 0 saturated heterocycles. The molecule has 0 bridgehead atoms. The van der Waals surface area contributed by atoms with Crippen molar-refractivity contribution in [2.75, 3.05) is 4.90 Å². The lowest BCUT2D eigenvalue weighted by atomic mass is 9.82. The van der Waals surface area contributed by atoms with Crippen LogP contribution in [0.4, 0.5) is 17.1 Å². The Balaban J connectivity index is 1.27. The van der Waals surface area contributed by atoms with Crippen LogP contribution in [0.3, 0.4) is 0 Å². The molecule has 1 aromatic heterocycles. The van der Waals surface area contributed by atoms with Crippen molar-refractivity contribution in [3.05, 3.63) is 198 Å². The summed E-state index contributed by atoms with van der Waals surface area (Å²) >= 11 is 0. The van der Waals surface area contributed by atoms with Gasteiger partial charge >= 0.3 is 0 Å². The first-order valence-corrected chi connectivity index (χ1v) is 20.0. The molecule has 0 radical (unpaired) electrons. The normalized spacial score (nSPS) is 15.7. The van der Waals surface area contributed by atoms with Crippen LogP contribution in [0.2, 0.25) is 0 Å². The SMILES string of the molecule is [2H]c1c([2H])c([2H])c(-c2ccc3oc4c5ccccc5c5ccccc5c4c3c2N(c2ccc3c(c2)C(C)(C)c2ccccc2-3)c2ccc3c(c2)C(C)(C)c2ccccc2-3)c([2H])c1[2H]. The Kier molecular flexibility index (Phi) is 5.80. The molecular formula is C56H41NO. The first kappa shape index (κ1) is 28.5. The zero-order chi connectivity index (χ0) is 43.3. The van der Waals surface area contributed by atoms with E-state index in [4.69, 9.17) is 8.53 Å². The molecular weight excluding hydrogens is 703 g/mol. The molecule has 2 heteroatoms. The van der Waals surface area contributed by atoms with E-state index in [2.05, 4.69) is 148 Å². The Bertz CT molecular complexity index is 3520. The Morgan fingerprint density at radius 2 is 0.931 bits per heavy atom. The first-order chi connectivity index (χ1) is 30.4. The predicted molar refractivity (Wildman–Crippen MR) is 244 cm³/mol. The lowest BCUT2D eigenvalue weighted by Crippen LogP contribution is -2.18. The van der Waals surface area contributed by atoms with Crippen LogP contribution in [0.25, 0.3) is 76.9 Å². The van der Waals surface area contributed by atoms with Gasteiger partial charge in [0.25, 0.3) is 0 Å². The Morgan fingerprint density at radius 3 is 1.53 bits per heavy atom. The van der Waals surface area contributed by atoms with Gasteiger partial charge in [-0.25, -0.2) is 0 Å². The fourth-order valence-corrected chi connectivity index (χ4v) is 10.4. The monoisotopic (exact) mass is 748 g/mol. The predicted octanol–water partition coefficient (Wildman–Crippen LogP) is 15.6. The zero-order valence-corrected chi connectivity index (χ0v) is 32.7. The number of benzene rings is 9. The molecule has 0 fully saturated rings. The van der Waals surface area contributed by atoms with Crippen LogP contribution in [0.5, 0.6) is 0 Å². The van der Waals surface area contributed by atoms with E-state index in [1.54, 1.807) is 0 Å². The highest BCUT2D eigenvalue weighted by atomic mass is 16.3. The van der Waals surface area contributed by atoms with Crippen molar-refractivity contribution in [2.24, 2.45) is 0 Å². The molecule has 1 heterocycles. The molecule has 0 spiro atoms. The van der Waals surface area contributed by atoms with E-state index in [1.807, 2.05) is 30.3 Å². The fourth-order valence-electron chi connectivity index (χ4n) is 10.4. The average Bonchev–Trinajstić information content (AvgIpc) is 3.89. The number of hydrogen-bond donors (Lipinski definition) is 0. The quantitative estimate of drug-likeness (QED) is 0.167. The zero-order valence-electron chi connectivity index (χ0n) is 37.7. The second-order valence-electron chi connectivity index (χ2n) is 16.9. The number of rotatable bonds is 4. The van der Waals surface area contributed by atoms with E-state index in [1.165, 1.54) is 44.5 Å². The van der Waals surface area contributed by atoms with Gasteiger partial charge in [0, 0.05) is 38.5 Å². The number of fused-ring (bicyclic) bond motifs is 14. The van der Waals surface area contributed by atoms with Gasteiger partial charge < -0.3 is 9.32 Å². The van der Waals surface area contributed by atoms with Crippen molar-refractivity contribution in [3.8, 4) is 33.4 Å². The van der Waals surface area contributed by atoms with Crippen LogP contribution >= 0.6 is 0 Å². The van der Waals surface area contributed by atoms with Gasteiger partial charge in [-0.1, -0.05) is 167 Å². The van der Waals surface area contributed by atoms with Crippen molar-refractivity contribution < 1.29 is 11.3 Å². The first-order valence-electron chi connectivity index (χ1n) is 22.5. The Morgan fingerprint density at radius 1 is 0.448 bits per heavy atom. The number of nitrogens with zero attached hydrogens (tertiary/aromatic N) is 1. The summed E-state index contributed by atoms with van der Waals surface area (Å²) in [6.07, 6.45) is 0. The van der Waals surface area contributed by atoms with Gasteiger partial charge in [-0.15, -0.1) is 0 Å². The van der Waals surface area contributed by atoms with Crippen LogP contribution in [-0.4, -0.2) is 0 Å². The minimum absolute atomic E-state index is 0.130. The van der Waals surface area contributed by atoms with E-state index in [0.717, 1.165) is 49.3 Å². The summed E-state index contributed by atoms with van der Waals surface area (Å²) < 4.78 is 52.3. The van der Waals surface area contributed by atoms with Gasteiger partial charge in [0.05, 0.1) is 17.9 Å². The summed E-state index contributed by atoms with van der Waals surface area (Å²) in [6, 6.07) is 49.4. The third kappa shape index (κ3) is 4.43. The summed E-state index contributed by atoms with van der Waals surface area (Å²) in [7, 11) is 0. The molecule has 0 aliphatic heterocycles. The minimum Gasteiger partial charge on any atom is -0.455 e. The van der Waals surface area contributed by atoms with Crippen molar-refractivity contribution >= 4 is 60.5 Å². The van der Waals surface area contributed by atoms with Crippen LogP contribution in [0.1, 0.15) is 56.8 Å². The van der Waals surface area contributed by atoms with Gasteiger partial charge in [0.2, 0.25) is 0 Å². The molecule has 0 saturated carbocycles. The van der Waals surface area contributed by atoms with Crippen molar-refractivity contribution in [1.29, 1.82) is 0 Å². The van der Waals surface area contributed by atoms with Crippen molar-refractivity contribution in [2.45, 2.75) is 38.5 Å². The van der Waals surface area contributed by atoms with Gasteiger partial charge in [0.1, 0.15) is 11.2 Å². The summed E-state index contributed by atoms with van der Waals surface area (Å²) in [5, 5.41) is 5.81. The maximum atomic E-state index is 9.43. The third-order valence-corrected chi connectivity index (χ3v) is 13.1. The molecule has 2 nitrogen and oxygen atoms in total. The molecule has 58 heavy (non-hydrogen) atoms. The largest absolute Gasteiger partial charge is 0.455 e. The average molecular weight is 749 g/mol. The fraction of sp³-hybridized carbons (Fsp3) is 0.107. The Labute approximate surface area is 345 Å². The van der Waals surface area contributed by atoms with Crippen LogP contribution in [-0.2, 0) is 10.8 Å². The molecule has 2 aliphatic carbocycles. The molecule has 276 valence electrons. The lowest BCUT2D eigenvalue weighted by molar-refractivity contribution is 0.660. The van der Waals surface area contributed by atoms with Crippen molar-refractivity contribution in [1.82, 2.24) is 0 Å². The van der Waals surface area contributed by atoms with Crippen LogP contribution in [0, 0.1) is 0 Å². The molecule has 0 unspecified atom stereocenters. The molecule has 10 aromatic rings. The molecule has 0 atom stereocenters. The van der Waals surface area contributed by atoms with E-state index in [0.29, 0.717) is 16.8 Å². The third-order valence-electron chi connectivity index (χ3n) is 13.1. The van der Waals surface area contributed by atoms with Crippen LogP contribution < -0.4 is 4.90 Å². The maximum absolute atomic E-state index is 9.43. The second-order valence-corrected chi connectivity index (χ2v) is 16.9. The van der Waals surface area contributed by atoms with Crippen molar-refractivity contribution in [3.63, 3.8) is 0 Å². The summed E-state index contributed by atoms with van der Waals surface area (Å²) in [5.41, 5.74) is 13.5. The van der Waals surface area contributed by atoms with Gasteiger partial charge in [-0.05, 0) is 103 Å². The summed E-state index contributed by atoms with van der Waals surface area (Å²) in [4.78, 5) is 2.26. The van der Waals surface area contributed by atoms with E-state index in [-0.39, 0.29) is 40.6 Å². The molecule has 0 amide bonds.